The molecule has 142 valence electrons. The molecule has 3 aromatic heterocycles. The number of nitrogens with zero attached hydrogens (tertiary/aromatic N) is 1. The van der Waals surface area contributed by atoms with Gasteiger partial charge in [0.2, 0.25) is 0 Å². The lowest BCUT2D eigenvalue weighted by molar-refractivity contribution is -0.137. The van der Waals surface area contributed by atoms with Crippen molar-refractivity contribution in [3.05, 3.63) is 49.8 Å². The van der Waals surface area contributed by atoms with Gasteiger partial charge in [-0.3, -0.25) is 14.4 Å². The van der Waals surface area contributed by atoms with Crippen LogP contribution in [0.25, 0.3) is 11.0 Å². The third-order valence-corrected chi connectivity index (χ3v) is 5.26. The number of aromatic amines is 2. The van der Waals surface area contributed by atoms with E-state index < -0.39 is 5.97 Å². The number of hydrogen-bond donors (Lipinski definition) is 4. The van der Waals surface area contributed by atoms with E-state index >= 15 is 0 Å². The Kier molecular flexibility index (Phi) is 5.70. The maximum Gasteiger partial charge on any atom is 0.303 e. The van der Waals surface area contributed by atoms with E-state index in [1.165, 1.54) is 11.3 Å². The molecule has 0 atom stereocenters. The summed E-state index contributed by atoms with van der Waals surface area (Å²) >= 11 is 1.40. The first-order chi connectivity index (χ1) is 12.9. The monoisotopic (exact) mass is 388 g/mol. The highest BCUT2D eigenvalue weighted by Gasteiger charge is 2.12. The molecule has 4 N–H and O–H groups in total. The summed E-state index contributed by atoms with van der Waals surface area (Å²) in [4.78, 5) is 46.4. The van der Waals surface area contributed by atoms with Crippen molar-refractivity contribution in [3.8, 4) is 0 Å². The van der Waals surface area contributed by atoms with Crippen molar-refractivity contribution >= 4 is 34.2 Å². The van der Waals surface area contributed by atoms with E-state index in [1.54, 1.807) is 19.2 Å². The highest BCUT2D eigenvalue weighted by molar-refractivity contribution is 7.14. The highest BCUT2D eigenvalue weighted by atomic mass is 32.1. The summed E-state index contributed by atoms with van der Waals surface area (Å²) in [6.07, 6.45) is 3.61. The third kappa shape index (κ3) is 4.62. The van der Waals surface area contributed by atoms with Crippen molar-refractivity contribution in [1.29, 1.82) is 0 Å². The molecule has 0 unspecified atom stereocenters. The predicted octanol–water partition coefficient (Wildman–Crippen LogP) is 2.00. The zero-order valence-electron chi connectivity index (χ0n) is 14.8. The fourth-order valence-electron chi connectivity index (χ4n) is 2.83. The molecule has 8 nitrogen and oxygen atoms in total. The van der Waals surface area contributed by atoms with Crippen molar-refractivity contribution in [2.24, 2.45) is 0 Å². The maximum atomic E-state index is 12.2. The van der Waals surface area contributed by atoms with Gasteiger partial charge >= 0.3 is 5.97 Å². The molecule has 3 rings (SSSR count). The molecule has 0 aliphatic carbocycles. The molecule has 0 spiro atoms. The molecule has 9 heteroatoms. The van der Waals surface area contributed by atoms with Gasteiger partial charge in [0.15, 0.2) is 0 Å². The molecule has 0 aromatic carbocycles. The SMILES string of the molecule is Cc1nc2[nH]cc(CCc3ccc(C(=O)NCCCC(=O)O)s3)c2c(=O)[nH]1. The van der Waals surface area contributed by atoms with Gasteiger partial charge in [-0.05, 0) is 43.9 Å². The summed E-state index contributed by atoms with van der Waals surface area (Å²) in [5.41, 5.74) is 1.33. The van der Waals surface area contributed by atoms with Crippen LogP contribution in [0.5, 0.6) is 0 Å². The maximum absolute atomic E-state index is 12.2. The van der Waals surface area contributed by atoms with Gasteiger partial charge in [-0.15, -0.1) is 11.3 Å². The quantitative estimate of drug-likeness (QED) is 0.439. The lowest BCUT2D eigenvalue weighted by atomic mass is 10.1. The summed E-state index contributed by atoms with van der Waals surface area (Å²) in [7, 11) is 0. The van der Waals surface area contributed by atoms with Gasteiger partial charge in [-0.2, -0.15) is 0 Å². The van der Waals surface area contributed by atoms with E-state index in [2.05, 4.69) is 20.3 Å². The molecule has 0 saturated heterocycles. The summed E-state index contributed by atoms with van der Waals surface area (Å²) in [5, 5.41) is 11.9. The summed E-state index contributed by atoms with van der Waals surface area (Å²) in [6.45, 7) is 2.07. The molecule has 0 aliphatic heterocycles. The molecule has 0 saturated carbocycles. The van der Waals surface area contributed by atoms with Gasteiger partial charge in [-0.1, -0.05) is 0 Å². The molecule has 0 fully saturated rings. The van der Waals surface area contributed by atoms with Crippen LogP contribution in [0.15, 0.2) is 23.1 Å². The standard InChI is InChI=1S/C18H20N4O4S/c1-10-21-16-15(18(26)22-10)11(9-20-16)4-5-12-6-7-13(27-12)17(25)19-8-2-3-14(23)24/h6-7,9H,2-5,8H2,1H3,(H,19,25)(H,23,24)(H2,20,21,22,26). The second-order valence-corrected chi connectivity index (χ2v) is 7.38. The molecule has 3 aromatic rings. The Balaban J connectivity index is 1.59. The van der Waals surface area contributed by atoms with E-state index in [0.717, 1.165) is 10.4 Å². The van der Waals surface area contributed by atoms with E-state index in [0.29, 0.717) is 47.5 Å². The Hall–Kier alpha value is -2.94. The Morgan fingerprint density at radius 1 is 1.30 bits per heavy atom. The van der Waals surface area contributed by atoms with Crippen LogP contribution in [0.3, 0.4) is 0 Å². The van der Waals surface area contributed by atoms with E-state index in [1.807, 2.05) is 6.07 Å². The van der Waals surface area contributed by atoms with Crippen LogP contribution in [0.4, 0.5) is 0 Å². The van der Waals surface area contributed by atoms with Crippen LogP contribution in [0, 0.1) is 6.92 Å². The highest BCUT2D eigenvalue weighted by Crippen LogP contribution is 2.20. The number of carboxylic acids is 1. The normalized spacial score (nSPS) is 11.0. The number of aryl methyl sites for hydroxylation is 3. The molecule has 1 amide bonds. The Labute approximate surface area is 158 Å². The zero-order valence-corrected chi connectivity index (χ0v) is 15.6. The number of thiophene rings is 1. The fraction of sp³-hybridized carbons (Fsp3) is 0.333. The number of carbonyl (C=O) groups excluding carboxylic acids is 1. The molecule has 27 heavy (non-hydrogen) atoms. The zero-order chi connectivity index (χ0) is 19.4. The minimum atomic E-state index is -0.871. The first kappa shape index (κ1) is 18.8. The summed E-state index contributed by atoms with van der Waals surface area (Å²) in [6, 6.07) is 3.66. The third-order valence-electron chi connectivity index (χ3n) is 4.12. The van der Waals surface area contributed by atoms with Crippen molar-refractivity contribution in [3.63, 3.8) is 0 Å². The number of amides is 1. The minimum absolute atomic E-state index is 0.0358. The second kappa shape index (κ2) is 8.17. The lowest BCUT2D eigenvalue weighted by Crippen LogP contribution is -2.23. The van der Waals surface area contributed by atoms with Crippen LogP contribution in [-0.4, -0.2) is 38.5 Å². The van der Waals surface area contributed by atoms with Gasteiger partial charge in [0.1, 0.15) is 11.5 Å². The first-order valence-electron chi connectivity index (χ1n) is 8.59. The number of aliphatic carboxylic acids is 1. The Morgan fingerprint density at radius 2 is 2.11 bits per heavy atom. The number of hydrogen-bond acceptors (Lipinski definition) is 5. The van der Waals surface area contributed by atoms with E-state index in [4.69, 9.17) is 5.11 Å². The fourth-order valence-corrected chi connectivity index (χ4v) is 3.76. The first-order valence-corrected chi connectivity index (χ1v) is 9.41. The Morgan fingerprint density at radius 3 is 2.89 bits per heavy atom. The second-order valence-electron chi connectivity index (χ2n) is 6.21. The minimum Gasteiger partial charge on any atom is -0.481 e. The van der Waals surface area contributed by atoms with Gasteiger partial charge < -0.3 is 20.4 Å². The van der Waals surface area contributed by atoms with Crippen molar-refractivity contribution < 1.29 is 14.7 Å². The summed E-state index contributed by atoms with van der Waals surface area (Å²) < 4.78 is 0. The number of carbonyl (C=O) groups is 2. The van der Waals surface area contributed by atoms with E-state index in [-0.39, 0.29) is 17.9 Å². The number of aromatic nitrogens is 3. The van der Waals surface area contributed by atoms with Gasteiger partial charge in [-0.25, -0.2) is 4.98 Å². The number of carboxylic acid groups (broad SMARTS) is 1. The number of H-pyrrole nitrogens is 2. The van der Waals surface area contributed by atoms with E-state index in [9.17, 15) is 14.4 Å². The van der Waals surface area contributed by atoms with Crippen LogP contribution in [0.2, 0.25) is 0 Å². The van der Waals surface area contributed by atoms with Gasteiger partial charge in [0.25, 0.3) is 11.5 Å². The Bertz CT molecular complexity index is 1030. The summed E-state index contributed by atoms with van der Waals surface area (Å²) in [5.74, 6) is -0.498. The molecule has 0 radical (unpaired) electrons. The molecule has 3 heterocycles. The smallest absolute Gasteiger partial charge is 0.303 e. The van der Waals surface area contributed by atoms with Crippen LogP contribution in [0.1, 0.15) is 38.8 Å². The largest absolute Gasteiger partial charge is 0.481 e. The number of rotatable bonds is 8. The predicted molar refractivity (Wildman–Crippen MR) is 102 cm³/mol. The molecule has 0 bridgehead atoms. The average Bonchev–Trinajstić information content (AvgIpc) is 3.23. The van der Waals surface area contributed by atoms with Crippen LogP contribution >= 0.6 is 11.3 Å². The van der Waals surface area contributed by atoms with Crippen molar-refractivity contribution in [1.82, 2.24) is 20.3 Å². The molecular weight excluding hydrogens is 368 g/mol. The van der Waals surface area contributed by atoms with Crippen molar-refractivity contribution in [2.75, 3.05) is 6.54 Å². The topological polar surface area (TPSA) is 128 Å². The van der Waals surface area contributed by atoms with Crippen LogP contribution < -0.4 is 10.9 Å². The van der Waals surface area contributed by atoms with Gasteiger partial charge in [0, 0.05) is 24.0 Å². The molecular formula is C18H20N4O4S. The van der Waals surface area contributed by atoms with Crippen LogP contribution in [-0.2, 0) is 17.6 Å². The number of nitrogens with one attached hydrogen (secondary N) is 3. The van der Waals surface area contributed by atoms with Gasteiger partial charge in [0.05, 0.1) is 10.3 Å². The number of fused-ring (bicyclic) bond motifs is 1. The molecule has 0 aliphatic rings. The average molecular weight is 388 g/mol. The lowest BCUT2D eigenvalue weighted by Gasteiger charge is -2.01. The van der Waals surface area contributed by atoms with Crippen molar-refractivity contribution in [2.45, 2.75) is 32.6 Å².